The second kappa shape index (κ2) is 5.77. The summed E-state index contributed by atoms with van der Waals surface area (Å²) < 4.78 is 1.84. The zero-order valence-corrected chi connectivity index (χ0v) is 11.0. The van der Waals surface area contributed by atoms with Crippen molar-refractivity contribution in [3.63, 3.8) is 0 Å². The Kier molecular flexibility index (Phi) is 4.09. The molecule has 0 amide bonds. The molecule has 0 aliphatic heterocycles. The predicted octanol–water partition coefficient (Wildman–Crippen LogP) is 2.93. The summed E-state index contributed by atoms with van der Waals surface area (Å²) in [6, 6.07) is 10.5. The molecule has 90 valence electrons. The molecule has 0 spiro atoms. The molecule has 1 aromatic carbocycles. The van der Waals surface area contributed by atoms with Crippen molar-refractivity contribution in [2.24, 2.45) is 7.05 Å². The zero-order chi connectivity index (χ0) is 12.1. The van der Waals surface area contributed by atoms with E-state index < -0.39 is 0 Å². The Morgan fingerprint density at radius 2 is 2.06 bits per heavy atom. The number of aromatic nitrogens is 2. The first kappa shape index (κ1) is 12.0. The monoisotopic (exact) mass is 247 g/mol. The molecule has 1 heterocycles. The molecule has 0 aliphatic carbocycles. The lowest BCUT2D eigenvalue weighted by Gasteiger charge is -2.04. The third kappa shape index (κ3) is 3.53. The number of nitrogens with zero attached hydrogens (tertiary/aromatic N) is 2. The Balaban J connectivity index is 1.75. The average molecular weight is 247 g/mol. The van der Waals surface area contributed by atoms with Gasteiger partial charge in [-0.3, -0.25) is 4.68 Å². The number of rotatable bonds is 5. The molecule has 1 aromatic heterocycles. The van der Waals surface area contributed by atoms with Crippen LogP contribution in [0.1, 0.15) is 5.69 Å². The molecule has 4 heteroatoms. The van der Waals surface area contributed by atoms with Crippen molar-refractivity contribution in [3.8, 4) is 0 Å². The summed E-state index contributed by atoms with van der Waals surface area (Å²) in [5.41, 5.74) is 2.18. The van der Waals surface area contributed by atoms with Gasteiger partial charge >= 0.3 is 0 Å². The van der Waals surface area contributed by atoms with Gasteiger partial charge in [-0.15, -0.1) is 11.8 Å². The van der Waals surface area contributed by atoms with Gasteiger partial charge in [0, 0.05) is 30.4 Å². The maximum absolute atomic E-state index is 4.30. The van der Waals surface area contributed by atoms with Gasteiger partial charge in [-0.25, -0.2) is 0 Å². The molecular formula is C13H17N3S. The number of hydrogen-bond acceptors (Lipinski definition) is 3. The van der Waals surface area contributed by atoms with Crippen molar-refractivity contribution in [2.75, 3.05) is 17.6 Å². The van der Waals surface area contributed by atoms with Gasteiger partial charge in [0.05, 0.1) is 11.4 Å². The quantitative estimate of drug-likeness (QED) is 0.651. The van der Waals surface area contributed by atoms with Crippen molar-refractivity contribution in [1.29, 1.82) is 0 Å². The largest absolute Gasteiger partial charge is 0.381 e. The van der Waals surface area contributed by atoms with Crippen LogP contribution in [0.2, 0.25) is 0 Å². The van der Waals surface area contributed by atoms with E-state index in [4.69, 9.17) is 0 Å². The number of thioether (sulfide) groups is 1. The van der Waals surface area contributed by atoms with Crippen LogP contribution in [0.15, 0.2) is 41.4 Å². The van der Waals surface area contributed by atoms with Crippen LogP contribution in [0.3, 0.4) is 0 Å². The zero-order valence-electron chi connectivity index (χ0n) is 10.2. The number of anilines is 1. The second-order valence-electron chi connectivity index (χ2n) is 3.89. The molecule has 0 radical (unpaired) electrons. The van der Waals surface area contributed by atoms with Gasteiger partial charge in [0.15, 0.2) is 0 Å². The molecular weight excluding hydrogens is 230 g/mol. The summed E-state index contributed by atoms with van der Waals surface area (Å²) in [5.74, 6) is 1.05. The van der Waals surface area contributed by atoms with Gasteiger partial charge in [-0.1, -0.05) is 18.2 Å². The van der Waals surface area contributed by atoms with E-state index >= 15 is 0 Å². The smallest absolute Gasteiger partial charge is 0.0824 e. The Bertz CT molecular complexity index is 465. The molecule has 0 unspecified atom stereocenters. The third-order valence-corrected chi connectivity index (χ3v) is 3.46. The maximum atomic E-state index is 4.30. The van der Waals surface area contributed by atoms with Crippen molar-refractivity contribution < 1.29 is 0 Å². The lowest BCUT2D eigenvalue weighted by molar-refractivity contribution is 0.756. The molecule has 17 heavy (non-hydrogen) atoms. The predicted molar refractivity (Wildman–Crippen MR) is 73.6 cm³/mol. The fraction of sp³-hybridized carbons (Fsp3) is 0.308. The first-order valence-electron chi connectivity index (χ1n) is 5.67. The van der Waals surface area contributed by atoms with Gasteiger partial charge in [-0.05, 0) is 19.1 Å². The summed E-state index contributed by atoms with van der Waals surface area (Å²) in [4.78, 5) is 1.32. The lowest BCUT2D eigenvalue weighted by atomic mass is 10.4. The van der Waals surface area contributed by atoms with E-state index in [1.165, 1.54) is 4.90 Å². The van der Waals surface area contributed by atoms with E-state index in [2.05, 4.69) is 34.7 Å². The highest BCUT2D eigenvalue weighted by atomic mass is 32.2. The summed E-state index contributed by atoms with van der Waals surface area (Å²) in [6.07, 6.45) is 2.02. The van der Waals surface area contributed by atoms with Crippen LogP contribution in [-0.2, 0) is 7.05 Å². The molecule has 2 aromatic rings. The summed E-state index contributed by atoms with van der Waals surface area (Å²) >= 11 is 1.86. The second-order valence-corrected chi connectivity index (χ2v) is 5.06. The highest BCUT2D eigenvalue weighted by Gasteiger charge is 2.01. The maximum Gasteiger partial charge on any atom is 0.0824 e. The van der Waals surface area contributed by atoms with Gasteiger partial charge in [-0.2, -0.15) is 5.10 Å². The van der Waals surface area contributed by atoms with E-state index in [1.807, 2.05) is 42.7 Å². The lowest BCUT2D eigenvalue weighted by Crippen LogP contribution is -2.04. The van der Waals surface area contributed by atoms with E-state index in [0.29, 0.717) is 0 Å². The fourth-order valence-corrected chi connectivity index (χ4v) is 2.43. The van der Waals surface area contributed by atoms with E-state index in [1.54, 1.807) is 0 Å². The van der Waals surface area contributed by atoms with Crippen molar-refractivity contribution >= 4 is 17.4 Å². The molecule has 0 fully saturated rings. The van der Waals surface area contributed by atoms with Gasteiger partial charge in [0.1, 0.15) is 0 Å². The molecule has 0 saturated carbocycles. The minimum Gasteiger partial charge on any atom is -0.381 e. The third-order valence-electron chi connectivity index (χ3n) is 2.44. The fourth-order valence-electron chi connectivity index (χ4n) is 1.64. The molecule has 0 atom stereocenters. The topological polar surface area (TPSA) is 29.9 Å². The minimum atomic E-state index is 0.950. The van der Waals surface area contributed by atoms with Gasteiger partial charge < -0.3 is 5.32 Å². The highest BCUT2D eigenvalue weighted by molar-refractivity contribution is 7.99. The van der Waals surface area contributed by atoms with Crippen molar-refractivity contribution in [3.05, 3.63) is 42.2 Å². The summed E-state index contributed by atoms with van der Waals surface area (Å²) in [7, 11) is 1.94. The number of nitrogens with one attached hydrogen (secondary N) is 1. The molecule has 3 nitrogen and oxygen atoms in total. The van der Waals surface area contributed by atoms with Crippen LogP contribution in [0, 0.1) is 6.92 Å². The normalized spacial score (nSPS) is 10.5. The SMILES string of the molecule is Cc1nn(C)cc1NCCSc1ccccc1. The van der Waals surface area contributed by atoms with Gasteiger partial charge in [0.25, 0.3) is 0 Å². The van der Waals surface area contributed by atoms with Crippen LogP contribution < -0.4 is 5.32 Å². The van der Waals surface area contributed by atoms with Crippen molar-refractivity contribution in [2.45, 2.75) is 11.8 Å². The van der Waals surface area contributed by atoms with E-state index in [-0.39, 0.29) is 0 Å². The minimum absolute atomic E-state index is 0.950. The molecule has 0 bridgehead atoms. The highest BCUT2D eigenvalue weighted by Crippen LogP contribution is 2.17. The Labute approximate surface area is 106 Å². The Morgan fingerprint density at radius 3 is 2.71 bits per heavy atom. The molecule has 0 aliphatic rings. The van der Waals surface area contributed by atoms with E-state index in [9.17, 15) is 0 Å². The van der Waals surface area contributed by atoms with Crippen LogP contribution in [-0.4, -0.2) is 22.1 Å². The first-order valence-corrected chi connectivity index (χ1v) is 6.66. The Morgan fingerprint density at radius 1 is 1.29 bits per heavy atom. The molecule has 1 N–H and O–H groups in total. The molecule has 0 saturated heterocycles. The summed E-state index contributed by atoms with van der Waals surface area (Å²) in [5, 5.41) is 7.70. The standard InChI is InChI=1S/C13H17N3S/c1-11-13(10-16(2)15-11)14-8-9-17-12-6-4-3-5-7-12/h3-7,10,14H,8-9H2,1-2H3. The summed E-state index contributed by atoms with van der Waals surface area (Å²) in [6.45, 7) is 2.97. The van der Waals surface area contributed by atoms with Crippen LogP contribution in [0.25, 0.3) is 0 Å². The number of hydrogen-bond donors (Lipinski definition) is 1. The average Bonchev–Trinajstić information content (AvgIpc) is 2.65. The molecule has 2 rings (SSSR count). The van der Waals surface area contributed by atoms with Gasteiger partial charge in [0.2, 0.25) is 0 Å². The van der Waals surface area contributed by atoms with Crippen LogP contribution in [0.4, 0.5) is 5.69 Å². The van der Waals surface area contributed by atoms with E-state index in [0.717, 1.165) is 23.7 Å². The van der Waals surface area contributed by atoms with Crippen LogP contribution in [0.5, 0.6) is 0 Å². The number of aryl methyl sites for hydroxylation is 2. The van der Waals surface area contributed by atoms with Crippen molar-refractivity contribution in [1.82, 2.24) is 9.78 Å². The Hall–Kier alpha value is -1.42. The number of benzene rings is 1. The first-order chi connectivity index (χ1) is 8.25. The van der Waals surface area contributed by atoms with Crippen LogP contribution >= 0.6 is 11.8 Å².